The molecular weight excluding hydrogens is 309 g/mol. The normalized spacial score (nSPS) is 19.4. The number of urea groups is 1. The minimum Gasteiger partial charge on any atom is -0.336 e. The number of carbonyl (C=O) groups excluding carboxylic acids is 1. The van der Waals surface area contributed by atoms with Crippen molar-refractivity contribution >= 4 is 6.03 Å². The highest BCUT2D eigenvalue weighted by atomic mass is 19.4. The zero-order chi connectivity index (χ0) is 16.0. The van der Waals surface area contributed by atoms with E-state index >= 15 is 0 Å². The summed E-state index contributed by atoms with van der Waals surface area (Å²) in [5.41, 5.74) is -4.52. The second kappa shape index (κ2) is 4.78. The summed E-state index contributed by atoms with van der Waals surface area (Å²) < 4.78 is 89.9. The maximum atomic E-state index is 13.8. The van der Waals surface area contributed by atoms with Crippen molar-refractivity contribution < 1.29 is 35.5 Å². The average molecular weight is 316 g/mol. The lowest BCUT2D eigenvalue weighted by Gasteiger charge is -2.20. The molecule has 0 saturated carbocycles. The van der Waals surface area contributed by atoms with Gasteiger partial charge in [-0.1, -0.05) is 0 Å². The Morgan fingerprint density at radius 3 is 2.10 bits per heavy atom. The molecule has 0 spiro atoms. The summed E-state index contributed by atoms with van der Waals surface area (Å²) in [6, 6.07) is -2.40. The zero-order valence-electron chi connectivity index (χ0n) is 9.99. The van der Waals surface area contributed by atoms with Crippen LogP contribution >= 0.6 is 0 Å². The lowest BCUT2D eigenvalue weighted by Crippen LogP contribution is -2.25. The SMILES string of the molecule is O=C1NC[C@@H](c2c(F)cc(C(F)(F)F)cc2C(F)(F)F)N1. The zero-order valence-corrected chi connectivity index (χ0v) is 9.99. The second-order valence-electron chi connectivity index (χ2n) is 4.32. The first-order valence-electron chi connectivity index (χ1n) is 5.52. The molecule has 116 valence electrons. The molecule has 1 aromatic rings. The molecule has 3 nitrogen and oxygen atoms in total. The van der Waals surface area contributed by atoms with Gasteiger partial charge in [-0.15, -0.1) is 0 Å². The van der Waals surface area contributed by atoms with Crippen LogP contribution in [0.25, 0.3) is 0 Å². The number of hydrogen-bond donors (Lipinski definition) is 2. The van der Waals surface area contributed by atoms with Crippen molar-refractivity contribution in [2.45, 2.75) is 18.4 Å². The van der Waals surface area contributed by atoms with Crippen molar-refractivity contribution in [3.63, 3.8) is 0 Å². The third kappa shape index (κ3) is 3.03. The summed E-state index contributed by atoms with van der Waals surface area (Å²) in [6.07, 6.45) is -10.3. The molecule has 0 bridgehead atoms. The van der Waals surface area contributed by atoms with Crippen LogP contribution in [0.2, 0.25) is 0 Å². The van der Waals surface area contributed by atoms with Gasteiger partial charge in [-0.05, 0) is 12.1 Å². The molecule has 2 rings (SSSR count). The number of halogens is 7. The molecule has 1 aliphatic heterocycles. The summed E-state index contributed by atoms with van der Waals surface area (Å²) in [5.74, 6) is -1.67. The standard InChI is InChI=1S/C11H7F7N2O/c12-6-2-4(10(13,14)15)1-5(11(16,17)18)8(6)7-3-19-9(21)20-7/h1-2,7H,3H2,(H2,19,20,21)/t7-/m0/s1. The molecule has 21 heavy (non-hydrogen) atoms. The number of alkyl halides is 6. The van der Waals surface area contributed by atoms with E-state index in [1.807, 2.05) is 5.32 Å². The van der Waals surface area contributed by atoms with Crippen molar-refractivity contribution in [3.05, 3.63) is 34.6 Å². The van der Waals surface area contributed by atoms with Gasteiger partial charge in [-0.25, -0.2) is 9.18 Å². The second-order valence-corrected chi connectivity index (χ2v) is 4.32. The molecule has 0 aromatic heterocycles. The molecular formula is C11H7F7N2O. The lowest BCUT2D eigenvalue weighted by atomic mass is 9.96. The third-order valence-corrected chi connectivity index (χ3v) is 2.88. The Hall–Kier alpha value is -2.00. The largest absolute Gasteiger partial charge is 0.416 e. The van der Waals surface area contributed by atoms with Crippen LogP contribution in [-0.4, -0.2) is 12.6 Å². The van der Waals surface area contributed by atoms with Gasteiger partial charge in [0.2, 0.25) is 0 Å². The molecule has 1 heterocycles. The quantitative estimate of drug-likeness (QED) is 0.768. The van der Waals surface area contributed by atoms with E-state index in [1.54, 1.807) is 0 Å². The Balaban J connectivity index is 2.61. The molecule has 10 heteroatoms. The predicted molar refractivity (Wildman–Crippen MR) is 55.7 cm³/mol. The maximum absolute atomic E-state index is 13.8. The molecule has 1 aromatic carbocycles. The first kappa shape index (κ1) is 15.4. The number of benzene rings is 1. The Morgan fingerprint density at radius 1 is 1.05 bits per heavy atom. The van der Waals surface area contributed by atoms with Gasteiger partial charge in [0.15, 0.2) is 0 Å². The highest BCUT2D eigenvalue weighted by molar-refractivity contribution is 5.77. The molecule has 1 saturated heterocycles. The fraction of sp³-hybridized carbons (Fsp3) is 0.364. The first-order valence-corrected chi connectivity index (χ1v) is 5.52. The fourth-order valence-corrected chi connectivity index (χ4v) is 2.00. The summed E-state index contributed by atoms with van der Waals surface area (Å²) in [5, 5.41) is 4.12. The van der Waals surface area contributed by atoms with Gasteiger partial charge in [0.1, 0.15) is 5.82 Å². The van der Waals surface area contributed by atoms with E-state index < -0.39 is 46.9 Å². The van der Waals surface area contributed by atoms with Gasteiger partial charge < -0.3 is 10.6 Å². The van der Waals surface area contributed by atoms with Crippen LogP contribution in [0.5, 0.6) is 0 Å². The van der Waals surface area contributed by atoms with Crippen LogP contribution in [-0.2, 0) is 12.4 Å². The van der Waals surface area contributed by atoms with Crippen LogP contribution in [0.15, 0.2) is 12.1 Å². The Kier molecular flexibility index (Phi) is 3.50. The molecule has 0 unspecified atom stereocenters. The van der Waals surface area contributed by atoms with Gasteiger partial charge in [0.25, 0.3) is 0 Å². The van der Waals surface area contributed by atoms with Gasteiger partial charge in [0, 0.05) is 12.1 Å². The highest BCUT2D eigenvalue weighted by Gasteiger charge is 2.42. The van der Waals surface area contributed by atoms with Crippen LogP contribution in [0.4, 0.5) is 35.5 Å². The maximum Gasteiger partial charge on any atom is 0.416 e. The monoisotopic (exact) mass is 316 g/mol. The number of amides is 2. The van der Waals surface area contributed by atoms with Gasteiger partial charge in [0.05, 0.1) is 17.2 Å². The summed E-state index contributed by atoms with van der Waals surface area (Å²) in [4.78, 5) is 10.9. The molecule has 0 aliphatic carbocycles. The highest BCUT2D eigenvalue weighted by Crippen LogP contribution is 2.40. The first-order chi connectivity index (χ1) is 9.50. The summed E-state index contributed by atoms with van der Waals surface area (Å²) in [7, 11) is 0. The predicted octanol–water partition coefficient (Wildman–Crippen LogP) is 3.22. The molecule has 2 N–H and O–H groups in total. The van der Waals surface area contributed by atoms with Crippen molar-refractivity contribution in [2.75, 3.05) is 6.54 Å². The fourth-order valence-electron chi connectivity index (χ4n) is 2.00. The molecule has 0 radical (unpaired) electrons. The third-order valence-electron chi connectivity index (χ3n) is 2.88. The van der Waals surface area contributed by atoms with Crippen molar-refractivity contribution in [3.8, 4) is 0 Å². The minimum atomic E-state index is -5.19. The van der Waals surface area contributed by atoms with Crippen molar-refractivity contribution in [1.29, 1.82) is 0 Å². The van der Waals surface area contributed by atoms with Gasteiger partial charge >= 0.3 is 18.4 Å². The van der Waals surface area contributed by atoms with E-state index in [1.165, 1.54) is 0 Å². The average Bonchev–Trinajstić information content (AvgIpc) is 2.72. The van der Waals surface area contributed by atoms with E-state index in [4.69, 9.17) is 0 Å². The van der Waals surface area contributed by atoms with Crippen LogP contribution in [0, 0.1) is 5.82 Å². The molecule has 1 atom stereocenters. The van der Waals surface area contributed by atoms with E-state index in [9.17, 15) is 35.5 Å². The smallest absolute Gasteiger partial charge is 0.336 e. The number of nitrogens with one attached hydrogen (secondary N) is 2. The van der Waals surface area contributed by atoms with Gasteiger partial charge in [-0.3, -0.25) is 0 Å². The van der Waals surface area contributed by atoms with Crippen LogP contribution in [0.1, 0.15) is 22.7 Å². The van der Waals surface area contributed by atoms with E-state index in [-0.39, 0.29) is 18.7 Å². The Labute approximate surface area is 113 Å². The Morgan fingerprint density at radius 2 is 1.67 bits per heavy atom. The molecule has 2 amide bonds. The number of rotatable bonds is 1. The lowest BCUT2D eigenvalue weighted by molar-refractivity contribution is -0.144. The van der Waals surface area contributed by atoms with E-state index in [0.29, 0.717) is 0 Å². The van der Waals surface area contributed by atoms with Crippen LogP contribution < -0.4 is 10.6 Å². The topological polar surface area (TPSA) is 41.1 Å². The van der Waals surface area contributed by atoms with E-state index in [2.05, 4.69) is 5.32 Å². The summed E-state index contributed by atoms with van der Waals surface area (Å²) >= 11 is 0. The van der Waals surface area contributed by atoms with Crippen molar-refractivity contribution in [2.24, 2.45) is 0 Å². The molecule has 1 fully saturated rings. The Bertz CT molecular complexity index is 579. The van der Waals surface area contributed by atoms with E-state index in [0.717, 1.165) is 0 Å². The minimum absolute atomic E-state index is 0.0188. The molecule has 1 aliphatic rings. The van der Waals surface area contributed by atoms with Gasteiger partial charge in [-0.2, -0.15) is 26.3 Å². The van der Waals surface area contributed by atoms with Crippen LogP contribution in [0.3, 0.4) is 0 Å². The van der Waals surface area contributed by atoms with Crippen molar-refractivity contribution in [1.82, 2.24) is 10.6 Å². The number of carbonyl (C=O) groups is 1. The summed E-state index contributed by atoms with van der Waals surface area (Å²) in [6.45, 7) is -0.357. The number of hydrogen-bond acceptors (Lipinski definition) is 1.